The van der Waals surface area contributed by atoms with E-state index in [0.717, 1.165) is 19.1 Å². The van der Waals surface area contributed by atoms with Gasteiger partial charge in [-0.2, -0.15) is 0 Å². The molecule has 3 nitrogen and oxygen atoms in total. The Hall–Kier alpha value is -1.06. The summed E-state index contributed by atoms with van der Waals surface area (Å²) in [7, 11) is 0. The lowest BCUT2D eigenvalue weighted by Crippen LogP contribution is -2.36. The lowest BCUT2D eigenvalue weighted by atomic mass is 10.0. The van der Waals surface area contributed by atoms with E-state index in [1.807, 2.05) is 0 Å². The van der Waals surface area contributed by atoms with E-state index in [4.69, 9.17) is 0 Å². The first kappa shape index (κ1) is 12.9. The van der Waals surface area contributed by atoms with Crippen molar-refractivity contribution in [1.82, 2.24) is 5.32 Å². The highest BCUT2D eigenvalue weighted by Crippen LogP contribution is 2.32. The van der Waals surface area contributed by atoms with Gasteiger partial charge in [-0.3, -0.25) is 0 Å². The molecule has 1 aliphatic heterocycles. The van der Waals surface area contributed by atoms with Gasteiger partial charge in [-0.15, -0.1) is 0 Å². The molecule has 0 amide bonds. The maximum atomic E-state index is 9.63. The standard InChI is InChI=1S/C16H24N2O/c1-12-8-9-18(16(12)11-19)15-5-3-2-4-13(15)10-17-14-6-7-14/h2-5,12,14,16-17,19H,6-11H2,1H3. The zero-order valence-electron chi connectivity index (χ0n) is 11.7. The maximum Gasteiger partial charge on any atom is 0.0637 e. The zero-order chi connectivity index (χ0) is 13.2. The van der Waals surface area contributed by atoms with E-state index in [2.05, 4.69) is 41.4 Å². The van der Waals surface area contributed by atoms with E-state index in [0.29, 0.717) is 5.92 Å². The molecule has 2 fully saturated rings. The van der Waals surface area contributed by atoms with E-state index in [1.54, 1.807) is 0 Å². The summed E-state index contributed by atoms with van der Waals surface area (Å²) in [6.07, 6.45) is 3.82. The topological polar surface area (TPSA) is 35.5 Å². The molecule has 0 bridgehead atoms. The molecule has 1 aliphatic carbocycles. The highest BCUT2D eigenvalue weighted by Gasteiger charge is 2.31. The lowest BCUT2D eigenvalue weighted by molar-refractivity contribution is 0.244. The predicted octanol–water partition coefficient (Wildman–Crippen LogP) is 2.15. The molecular weight excluding hydrogens is 236 g/mol. The number of rotatable bonds is 5. The maximum absolute atomic E-state index is 9.63. The smallest absolute Gasteiger partial charge is 0.0637 e. The fraction of sp³-hybridized carbons (Fsp3) is 0.625. The van der Waals surface area contributed by atoms with Crippen LogP contribution in [0.1, 0.15) is 31.7 Å². The van der Waals surface area contributed by atoms with Crippen LogP contribution in [0.4, 0.5) is 5.69 Å². The summed E-state index contributed by atoms with van der Waals surface area (Å²) in [5.41, 5.74) is 2.67. The van der Waals surface area contributed by atoms with E-state index >= 15 is 0 Å². The minimum absolute atomic E-state index is 0.256. The van der Waals surface area contributed by atoms with Gasteiger partial charge in [0.05, 0.1) is 12.6 Å². The van der Waals surface area contributed by atoms with Crippen LogP contribution in [0.15, 0.2) is 24.3 Å². The first-order valence-electron chi connectivity index (χ1n) is 7.48. The summed E-state index contributed by atoms with van der Waals surface area (Å²) in [6.45, 7) is 4.51. The summed E-state index contributed by atoms with van der Waals surface area (Å²) in [4.78, 5) is 2.40. The average molecular weight is 260 g/mol. The molecule has 3 rings (SSSR count). The Kier molecular flexibility index (Phi) is 3.76. The molecule has 2 aliphatic rings. The van der Waals surface area contributed by atoms with Gasteiger partial charge in [0.2, 0.25) is 0 Å². The number of para-hydroxylation sites is 1. The second-order valence-electron chi connectivity index (χ2n) is 5.99. The molecule has 1 saturated carbocycles. The van der Waals surface area contributed by atoms with Gasteiger partial charge >= 0.3 is 0 Å². The largest absolute Gasteiger partial charge is 0.394 e. The van der Waals surface area contributed by atoms with Crippen molar-refractivity contribution in [2.75, 3.05) is 18.1 Å². The number of benzene rings is 1. The van der Waals surface area contributed by atoms with Crippen molar-refractivity contribution >= 4 is 5.69 Å². The Bertz CT molecular complexity index is 431. The van der Waals surface area contributed by atoms with Gasteiger partial charge in [-0.25, -0.2) is 0 Å². The number of anilines is 1. The van der Waals surface area contributed by atoms with Crippen LogP contribution in [0.5, 0.6) is 0 Å². The van der Waals surface area contributed by atoms with E-state index in [-0.39, 0.29) is 12.6 Å². The zero-order valence-corrected chi connectivity index (χ0v) is 11.7. The molecular formula is C16H24N2O. The second-order valence-corrected chi connectivity index (χ2v) is 5.99. The van der Waals surface area contributed by atoms with Crippen LogP contribution in [0.3, 0.4) is 0 Å². The Labute approximate surface area is 115 Å². The van der Waals surface area contributed by atoms with E-state index in [9.17, 15) is 5.11 Å². The summed E-state index contributed by atoms with van der Waals surface area (Å²) < 4.78 is 0. The van der Waals surface area contributed by atoms with Crippen LogP contribution in [-0.2, 0) is 6.54 Å². The number of hydrogen-bond acceptors (Lipinski definition) is 3. The Morgan fingerprint density at radius 1 is 1.26 bits per heavy atom. The minimum atomic E-state index is 0.256. The van der Waals surface area contributed by atoms with Crippen molar-refractivity contribution in [3.8, 4) is 0 Å². The molecule has 2 atom stereocenters. The van der Waals surface area contributed by atoms with Gasteiger partial charge in [0.25, 0.3) is 0 Å². The van der Waals surface area contributed by atoms with Gasteiger partial charge in [0.15, 0.2) is 0 Å². The highest BCUT2D eigenvalue weighted by atomic mass is 16.3. The highest BCUT2D eigenvalue weighted by molar-refractivity contribution is 5.55. The fourth-order valence-corrected chi connectivity index (χ4v) is 3.07. The summed E-state index contributed by atoms with van der Waals surface area (Å²) in [5, 5.41) is 13.2. The number of aliphatic hydroxyl groups is 1. The van der Waals surface area contributed by atoms with Crippen molar-refractivity contribution in [3.05, 3.63) is 29.8 Å². The molecule has 19 heavy (non-hydrogen) atoms. The summed E-state index contributed by atoms with van der Waals surface area (Å²) in [5.74, 6) is 0.578. The van der Waals surface area contributed by atoms with Crippen molar-refractivity contribution in [2.24, 2.45) is 5.92 Å². The van der Waals surface area contributed by atoms with Gasteiger partial charge in [-0.05, 0) is 36.8 Å². The number of hydrogen-bond donors (Lipinski definition) is 2. The molecule has 2 unspecified atom stereocenters. The van der Waals surface area contributed by atoms with Crippen molar-refractivity contribution in [3.63, 3.8) is 0 Å². The van der Waals surface area contributed by atoms with Gasteiger partial charge in [-0.1, -0.05) is 25.1 Å². The first-order valence-corrected chi connectivity index (χ1v) is 7.48. The van der Waals surface area contributed by atoms with Crippen molar-refractivity contribution < 1.29 is 5.11 Å². The number of aliphatic hydroxyl groups excluding tert-OH is 1. The Morgan fingerprint density at radius 2 is 2.05 bits per heavy atom. The molecule has 1 aromatic rings. The van der Waals surface area contributed by atoms with Crippen LogP contribution in [0.25, 0.3) is 0 Å². The fourth-order valence-electron chi connectivity index (χ4n) is 3.07. The van der Waals surface area contributed by atoms with Crippen molar-refractivity contribution in [2.45, 2.75) is 44.8 Å². The minimum Gasteiger partial charge on any atom is -0.394 e. The molecule has 1 saturated heterocycles. The van der Waals surface area contributed by atoms with Gasteiger partial charge in [0, 0.05) is 24.8 Å². The van der Waals surface area contributed by atoms with E-state index in [1.165, 1.54) is 30.5 Å². The van der Waals surface area contributed by atoms with Crippen LogP contribution >= 0.6 is 0 Å². The van der Waals surface area contributed by atoms with Crippen LogP contribution in [0.2, 0.25) is 0 Å². The Balaban J connectivity index is 1.78. The second kappa shape index (κ2) is 5.51. The molecule has 0 aromatic heterocycles. The monoisotopic (exact) mass is 260 g/mol. The molecule has 104 valence electrons. The lowest BCUT2D eigenvalue weighted by Gasteiger charge is -2.29. The molecule has 0 spiro atoms. The van der Waals surface area contributed by atoms with Crippen LogP contribution in [-0.4, -0.2) is 30.3 Å². The average Bonchev–Trinajstić information content (AvgIpc) is 3.19. The third-order valence-electron chi connectivity index (χ3n) is 4.53. The number of nitrogens with one attached hydrogen (secondary N) is 1. The van der Waals surface area contributed by atoms with Gasteiger partial charge in [0.1, 0.15) is 0 Å². The molecule has 1 aromatic carbocycles. The van der Waals surface area contributed by atoms with Crippen LogP contribution in [0, 0.1) is 5.92 Å². The Morgan fingerprint density at radius 3 is 2.79 bits per heavy atom. The molecule has 2 N–H and O–H groups in total. The third kappa shape index (κ3) is 2.77. The van der Waals surface area contributed by atoms with E-state index < -0.39 is 0 Å². The third-order valence-corrected chi connectivity index (χ3v) is 4.53. The molecule has 0 radical (unpaired) electrons. The van der Waals surface area contributed by atoms with Crippen molar-refractivity contribution in [1.29, 1.82) is 0 Å². The van der Waals surface area contributed by atoms with Crippen LogP contribution < -0.4 is 10.2 Å². The van der Waals surface area contributed by atoms with Gasteiger partial charge < -0.3 is 15.3 Å². The molecule has 1 heterocycles. The summed E-state index contributed by atoms with van der Waals surface area (Å²) >= 11 is 0. The SMILES string of the molecule is CC1CCN(c2ccccc2CNC2CC2)C1CO. The quantitative estimate of drug-likeness (QED) is 0.851. The molecule has 3 heteroatoms. The normalized spacial score (nSPS) is 26.9. The number of nitrogens with zero attached hydrogens (tertiary/aromatic N) is 1. The first-order chi connectivity index (χ1) is 9.29. The summed E-state index contributed by atoms with van der Waals surface area (Å²) in [6, 6.07) is 9.64. The predicted molar refractivity (Wildman–Crippen MR) is 78.3 cm³/mol.